The number of carbonyl (C=O) groups excluding carboxylic acids is 1. The summed E-state index contributed by atoms with van der Waals surface area (Å²) in [5.74, 6) is 1.12. The van der Waals surface area contributed by atoms with Gasteiger partial charge in [-0.3, -0.25) is 9.78 Å². The molecule has 2 aliphatic rings. The molecule has 2 atom stereocenters. The molecule has 1 N–H and O–H groups in total. The van der Waals surface area contributed by atoms with Crippen molar-refractivity contribution in [3.63, 3.8) is 0 Å². The van der Waals surface area contributed by atoms with Crippen LogP contribution in [0.25, 0.3) is 11.0 Å². The fraction of sp³-hybridized carbons (Fsp3) is 0.435. The average molecular weight is 390 g/mol. The second kappa shape index (κ2) is 6.95. The van der Waals surface area contributed by atoms with Gasteiger partial charge in [0.2, 0.25) is 5.91 Å². The SMILES string of the molecule is Cc1nc2ccccc2n1CCC(=O)N1[C@@H]2CC[C@@H]1CC(O)(c1ccncc1)C2. The number of carbonyl (C=O) groups is 1. The lowest BCUT2D eigenvalue weighted by molar-refractivity contribution is -0.142. The summed E-state index contributed by atoms with van der Waals surface area (Å²) in [5, 5.41) is 11.3. The van der Waals surface area contributed by atoms with E-state index < -0.39 is 5.60 Å². The standard InChI is InChI=1S/C23H26N4O2/c1-16-25-20-4-2-3-5-21(20)26(16)13-10-22(28)27-18-6-7-19(27)15-23(29,14-18)17-8-11-24-12-9-17/h2-5,8-9,11-12,18-19,29H,6-7,10,13-15H2,1H3/t18-,19-/m1/s1. The van der Waals surface area contributed by atoms with Gasteiger partial charge in [-0.15, -0.1) is 0 Å². The van der Waals surface area contributed by atoms with Crippen LogP contribution >= 0.6 is 0 Å². The van der Waals surface area contributed by atoms with Crippen LogP contribution in [0.15, 0.2) is 48.8 Å². The third kappa shape index (κ3) is 3.12. The molecule has 0 spiro atoms. The quantitative estimate of drug-likeness (QED) is 0.743. The molecule has 1 amide bonds. The molecule has 0 radical (unpaired) electrons. The maximum absolute atomic E-state index is 13.1. The zero-order valence-electron chi connectivity index (χ0n) is 16.7. The van der Waals surface area contributed by atoms with Crippen molar-refractivity contribution < 1.29 is 9.90 Å². The number of benzene rings is 1. The third-order valence-electron chi connectivity index (χ3n) is 6.67. The Morgan fingerprint density at radius 2 is 1.83 bits per heavy atom. The minimum Gasteiger partial charge on any atom is -0.385 e. The first-order valence-electron chi connectivity index (χ1n) is 10.4. The Hall–Kier alpha value is -2.73. The van der Waals surface area contributed by atoms with Crippen LogP contribution in [0.2, 0.25) is 0 Å². The second-order valence-corrected chi connectivity index (χ2v) is 8.41. The van der Waals surface area contributed by atoms with Crippen molar-refractivity contribution >= 4 is 16.9 Å². The minimum absolute atomic E-state index is 0.111. The molecule has 0 aliphatic carbocycles. The average Bonchev–Trinajstić information content (AvgIpc) is 3.20. The normalized spacial score (nSPS) is 26.2. The number of aromatic nitrogens is 3. The van der Waals surface area contributed by atoms with Gasteiger partial charge in [0.1, 0.15) is 5.82 Å². The predicted molar refractivity (Wildman–Crippen MR) is 110 cm³/mol. The van der Waals surface area contributed by atoms with E-state index >= 15 is 0 Å². The molecular formula is C23H26N4O2. The maximum atomic E-state index is 13.1. The van der Waals surface area contributed by atoms with Gasteiger partial charge in [0.15, 0.2) is 0 Å². The largest absolute Gasteiger partial charge is 0.385 e. The summed E-state index contributed by atoms with van der Waals surface area (Å²) < 4.78 is 2.13. The van der Waals surface area contributed by atoms with Crippen LogP contribution in [-0.2, 0) is 16.9 Å². The molecule has 4 heterocycles. The van der Waals surface area contributed by atoms with E-state index in [0.717, 1.165) is 35.3 Å². The fourth-order valence-electron chi connectivity index (χ4n) is 5.34. The van der Waals surface area contributed by atoms with Crippen LogP contribution in [0.5, 0.6) is 0 Å². The van der Waals surface area contributed by atoms with E-state index in [-0.39, 0.29) is 18.0 Å². The van der Waals surface area contributed by atoms with Crippen molar-refractivity contribution in [1.29, 1.82) is 0 Å². The minimum atomic E-state index is -0.858. The molecule has 3 aromatic rings. The molecule has 1 aromatic carbocycles. The van der Waals surface area contributed by atoms with Gasteiger partial charge in [-0.05, 0) is 49.6 Å². The molecule has 29 heavy (non-hydrogen) atoms. The Labute approximate surface area is 170 Å². The van der Waals surface area contributed by atoms with Crippen LogP contribution < -0.4 is 0 Å². The van der Waals surface area contributed by atoms with Crippen molar-refractivity contribution in [3.05, 3.63) is 60.2 Å². The van der Waals surface area contributed by atoms with Crippen molar-refractivity contribution in [2.45, 2.75) is 63.3 Å². The molecule has 150 valence electrons. The Morgan fingerprint density at radius 1 is 1.14 bits per heavy atom. The van der Waals surface area contributed by atoms with Gasteiger partial charge in [-0.25, -0.2) is 4.98 Å². The van der Waals surface area contributed by atoms with E-state index in [1.54, 1.807) is 12.4 Å². The molecule has 2 aromatic heterocycles. The van der Waals surface area contributed by atoms with Crippen LogP contribution in [-0.4, -0.2) is 42.5 Å². The van der Waals surface area contributed by atoms with Crippen LogP contribution in [0.4, 0.5) is 0 Å². The lowest BCUT2D eigenvalue weighted by atomic mass is 9.81. The molecular weight excluding hydrogens is 364 g/mol. The number of aliphatic hydroxyl groups is 1. The highest BCUT2D eigenvalue weighted by Gasteiger charge is 2.49. The summed E-state index contributed by atoms with van der Waals surface area (Å²) in [7, 11) is 0. The topological polar surface area (TPSA) is 71.2 Å². The van der Waals surface area contributed by atoms with E-state index in [4.69, 9.17) is 0 Å². The van der Waals surface area contributed by atoms with Crippen LogP contribution in [0.1, 0.15) is 43.5 Å². The van der Waals surface area contributed by atoms with Gasteiger partial charge < -0.3 is 14.6 Å². The molecule has 0 saturated carbocycles. The van der Waals surface area contributed by atoms with Gasteiger partial charge in [-0.1, -0.05) is 12.1 Å². The predicted octanol–water partition coefficient (Wildman–Crippen LogP) is 3.17. The number of nitrogens with zero attached hydrogens (tertiary/aromatic N) is 4. The molecule has 2 bridgehead atoms. The van der Waals surface area contributed by atoms with Crippen LogP contribution in [0.3, 0.4) is 0 Å². The highest BCUT2D eigenvalue weighted by Crippen LogP contribution is 2.45. The number of para-hydroxylation sites is 2. The van der Waals surface area contributed by atoms with Crippen molar-refractivity contribution in [2.75, 3.05) is 0 Å². The van der Waals surface area contributed by atoms with E-state index in [2.05, 4.69) is 25.5 Å². The first-order valence-corrected chi connectivity index (χ1v) is 10.4. The summed E-state index contributed by atoms with van der Waals surface area (Å²) in [6.07, 6.45) is 7.06. The molecule has 2 saturated heterocycles. The third-order valence-corrected chi connectivity index (χ3v) is 6.67. The lowest BCUT2D eigenvalue weighted by Gasteiger charge is -2.44. The van der Waals surface area contributed by atoms with E-state index in [0.29, 0.717) is 25.8 Å². The summed E-state index contributed by atoms with van der Waals surface area (Å²) in [4.78, 5) is 23.9. The van der Waals surface area contributed by atoms with E-state index in [1.807, 2.05) is 37.3 Å². The Balaban J connectivity index is 1.31. The van der Waals surface area contributed by atoms with E-state index in [1.165, 1.54) is 0 Å². The highest BCUT2D eigenvalue weighted by molar-refractivity contribution is 5.79. The highest BCUT2D eigenvalue weighted by atomic mass is 16.3. The molecule has 2 fully saturated rings. The summed E-state index contributed by atoms with van der Waals surface area (Å²) in [5.41, 5.74) is 2.10. The number of amides is 1. The fourth-order valence-corrected chi connectivity index (χ4v) is 5.34. The van der Waals surface area contributed by atoms with Crippen molar-refractivity contribution in [2.24, 2.45) is 0 Å². The number of rotatable bonds is 4. The van der Waals surface area contributed by atoms with Gasteiger partial charge in [0, 0.05) is 50.3 Å². The number of fused-ring (bicyclic) bond motifs is 3. The van der Waals surface area contributed by atoms with Crippen molar-refractivity contribution in [1.82, 2.24) is 19.4 Å². The van der Waals surface area contributed by atoms with Gasteiger partial charge >= 0.3 is 0 Å². The first kappa shape index (κ1) is 18.3. The number of piperidine rings is 1. The summed E-state index contributed by atoms with van der Waals surface area (Å²) >= 11 is 0. The number of imidazole rings is 1. The molecule has 6 heteroatoms. The van der Waals surface area contributed by atoms with Gasteiger partial charge in [-0.2, -0.15) is 0 Å². The van der Waals surface area contributed by atoms with Gasteiger partial charge in [0.25, 0.3) is 0 Å². The van der Waals surface area contributed by atoms with E-state index in [9.17, 15) is 9.90 Å². The first-order chi connectivity index (χ1) is 14.0. The molecule has 0 unspecified atom stereocenters. The van der Waals surface area contributed by atoms with Gasteiger partial charge in [0.05, 0.1) is 16.6 Å². The number of pyridine rings is 1. The number of hydrogen-bond donors (Lipinski definition) is 1. The Bertz CT molecular complexity index is 1030. The monoisotopic (exact) mass is 390 g/mol. The lowest BCUT2D eigenvalue weighted by Crippen LogP contribution is -2.52. The van der Waals surface area contributed by atoms with Crippen molar-refractivity contribution in [3.8, 4) is 0 Å². The number of hydrogen-bond acceptors (Lipinski definition) is 4. The zero-order chi connectivity index (χ0) is 20.0. The second-order valence-electron chi connectivity index (χ2n) is 8.41. The smallest absolute Gasteiger partial charge is 0.224 e. The Kier molecular flexibility index (Phi) is 4.39. The number of aryl methyl sites for hydroxylation is 2. The molecule has 5 rings (SSSR count). The van der Waals surface area contributed by atoms with Crippen LogP contribution in [0, 0.1) is 6.92 Å². The summed E-state index contributed by atoms with van der Waals surface area (Å²) in [6.45, 7) is 2.62. The molecule has 6 nitrogen and oxygen atoms in total. The molecule has 2 aliphatic heterocycles. The Morgan fingerprint density at radius 3 is 2.55 bits per heavy atom. The summed E-state index contributed by atoms with van der Waals surface area (Å²) in [6, 6.07) is 12.1. The zero-order valence-corrected chi connectivity index (χ0v) is 16.7. The maximum Gasteiger partial charge on any atom is 0.224 e.